The topological polar surface area (TPSA) is 35.5 Å². The molecule has 0 heterocycles. The number of rotatable bonds is 4. The molecule has 0 atom stereocenters. The molecule has 0 radical (unpaired) electrons. The lowest BCUT2D eigenvalue weighted by Gasteiger charge is -2.04. The molecule has 108 valence electrons. The second-order valence-electron chi connectivity index (χ2n) is 4.11. The Morgan fingerprint density at radius 2 is 1.95 bits per heavy atom. The molecule has 0 unspecified atom stereocenters. The Hall–Kier alpha value is -1.97. The van der Waals surface area contributed by atoms with Gasteiger partial charge < -0.3 is 9.47 Å². The zero-order valence-electron chi connectivity index (χ0n) is 11.2. The Balaban J connectivity index is 2.07. The molecule has 0 amide bonds. The number of methoxy groups -OCH3 is 1. The van der Waals surface area contributed by atoms with Gasteiger partial charge in [0.2, 0.25) is 0 Å². The van der Waals surface area contributed by atoms with Crippen molar-refractivity contribution in [1.29, 1.82) is 0 Å². The number of hydrogen-bond acceptors (Lipinski definition) is 3. The van der Waals surface area contributed by atoms with Crippen LogP contribution in [0.3, 0.4) is 0 Å². The van der Waals surface area contributed by atoms with Crippen LogP contribution >= 0.6 is 23.2 Å². The summed E-state index contributed by atoms with van der Waals surface area (Å²) < 4.78 is 10.2. The van der Waals surface area contributed by atoms with Crippen molar-refractivity contribution in [2.75, 3.05) is 7.11 Å². The highest BCUT2D eigenvalue weighted by Crippen LogP contribution is 2.27. The largest absolute Gasteiger partial charge is 0.497 e. The normalized spacial score (nSPS) is 10.6. The average molecular weight is 323 g/mol. The highest BCUT2D eigenvalue weighted by Gasteiger charge is 2.06. The Morgan fingerprint density at radius 1 is 1.14 bits per heavy atom. The minimum atomic E-state index is -0.540. The molecule has 2 rings (SSSR count). The number of hydrogen-bond donors (Lipinski definition) is 0. The highest BCUT2D eigenvalue weighted by molar-refractivity contribution is 6.34. The fourth-order valence-electron chi connectivity index (χ4n) is 1.61. The van der Waals surface area contributed by atoms with E-state index in [2.05, 4.69) is 0 Å². The van der Waals surface area contributed by atoms with Crippen LogP contribution in [0.15, 0.2) is 48.5 Å². The molecule has 0 aliphatic carbocycles. The molecule has 2 aromatic carbocycles. The lowest BCUT2D eigenvalue weighted by Crippen LogP contribution is -2.04. The lowest BCUT2D eigenvalue weighted by atomic mass is 10.2. The van der Waals surface area contributed by atoms with Gasteiger partial charge in [0.25, 0.3) is 0 Å². The molecule has 0 aromatic heterocycles. The smallest absolute Gasteiger partial charge is 0.336 e. The molecule has 0 aliphatic heterocycles. The fraction of sp³-hybridized carbons (Fsp3) is 0.0625. The summed E-state index contributed by atoms with van der Waals surface area (Å²) in [6.07, 6.45) is 2.94. The zero-order valence-corrected chi connectivity index (χ0v) is 12.7. The molecule has 0 N–H and O–H groups in total. The number of esters is 1. The summed E-state index contributed by atoms with van der Waals surface area (Å²) in [5.74, 6) is 0.398. The maximum absolute atomic E-state index is 11.8. The summed E-state index contributed by atoms with van der Waals surface area (Å²) in [5, 5.41) is 0.765. The standard InChI is InChI=1S/C16H12Cl2O3/c1-20-13-4-2-3-11(9-13)5-8-16(19)21-15-10-12(17)6-7-14(15)18/h2-10H,1H3/b8-5+. The summed E-state index contributed by atoms with van der Waals surface area (Å²) >= 11 is 11.7. The molecular formula is C16H12Cl2O3. The van der Waals surface area contributed by atoms with Crippen LogP contribution in [0.25, 0.3) is 6.08 Å². The van der Waals surface area contributed by atoms with Gasteiger partial charge in [-0.15, -0.1) is 0 Å². The Morgan fingerprint density at radius 3 is 2.71 bits per heavy atom. The zero-order chi connectivity index (χ0) is 15.2. The number of carbonyl (C=O) groups excluding carboxylic acids is 1. The molecule has 0 spiro atoms. The Labute approximate surface area is 132 Å². The van der Waals surface area contributed by atoms with Crippen LogP contribution in [0.5, 0.6) is 11.5 Å². The summed E-state index contributed by atoms with van der Waals surface area (Å²) in [6.45, 7) is 0. The van der Waals surface area contributed by atoms with Gasteiger partial charge in [0.05, 0.1) is 12.1 Å². The van der Waals surface area contributed by atoms with E-state index in [1.54, 1.807) is 31.4 Å². The van der Waals surface area contributed by atoms with Crippen molar-refractivity contribution < 1.29 is 14.3 Å². The monoisotopic (exact) mass is 322 g/mol. The summed E-state index contributed by atoms with van der Waals surface area (Å²) in [5.41, 5.74) is 0.823. The molecule has 21 heavy (non-hydrogen) atoms. The molecule has 0 saturated carbocycles. The van der Waals surface area contributed by atoms with Crippen LogP contribution < -0.4 is 9.47 Å². The van der Waals surface area contributed by atoms with E-state index in [-0.39, 0.29) is 5.75 Å². The number of benzene rings is 2. The van der Waals surface area contributed by atoms with Gasteiger partial charge in [-0.2, -0.15) is 0 Å². The van der Waals surface area contributed by atoms with Crippen LogP contribution in [0.2, 0.25) is 10.0 Å². The van der Waals surface area contributed by atoms with Crippen molar-refractivity contribution in [2.45, 2.75) is 0 Å². The van der Waals surface area contributed by atoms with E-state index in [1.165, 1.54) is 12.1 Å². The van der Waals surface area contributed by atoms with Gasteiger partial charge in [-0.3, -0.25) is 0 Å². The van der Waals surface area contributed by atoms with Gasteiger partial charge in [-0.1, -0.05) is 35.3 Å². The van der Waals surface area contributed by atoms with Gasteiger partial charge in [0.15, 0.2) is 5.75 Å². The molecule has 2 aromatic rings. The van der Waals surface area contributed by atoms with E-state index < -0.39 is 5.97 Å². The van der Waals surface area contributed by atoms with Crippen molar-refractivity contribution in [3.8, 4) is 11.5 Å². The molecule has 5 heteroatoms. The van der Waals surface area contributed by atoms with E-state index in [9.17, 15) is 4.79 Å². The minimum absolute atomic E-state index is 0.226. The first-order valence-corrected chi connectivity index (χ1v) is 6.83. The third kappa shape index (κ3) is 4.52. The third-order valence-corrected chi connectivity index (χ3v) is 3.16. The predicted molar refractivity (Wildman–Crippen MR) is 84.1 cm³/mol. The van der Waals surface area contributed by atoms with Crippen LogP contribution in [-0.4, -0.2) is 13.1 Å². The van der Waals surface area contributed by atoms with E-state index in [0.29, 0.717) is 15.8 Å². The Kier molecular flexibility index (Phi) is 5.26. The van der Waals surface area contributed by atoms with E-state index in [4.69, 9.17) is 32.7 Å². The summed E-state index contributed by atoms with van der Waals surface area (Å²) in [6, 6.07) is 12.0. The van der Waals surface area contributed by atoms with E-state index in [0.717, 1.165) is 5.56 Å². The van der Waals surface area contributed by atoms with Crippen molar-refractivity contribution in [3.05, 3.63) is 64.1 Å². The minimum Gasteiger partial charge on any atom is -0.497 e. The van der Waals surface area contributed by atoms with Crippen LogP contribution in [0.1, 0.15) is 5.56 Å². The summed E-state index contributed by atoms with van der Waals surface area (Å²) in [7, 11) is 1.58. The first-order valence-electron chi connectivity index (χ1n) is 6.07. The molecule has 0 aliphatic rings. The van der Waals surface area contributed by atoms with Crippen LogP contribution in [0, 0.1) is 0 Å². The maximum atomic E-state index is 11.8. The number of carbonyl (C=O) groups is 1. The number of halogens is 2. The molecule has 3 nitrogen and oxygen atoms in total. The third-order valence-electron chi connectivity index (χ3n) is 2.61. The lowest BCUT2D eigenvalue weighted by molar-refractivity contribution is -0.128. The molecular weight excluding hydrogens is 311 g/mol. The quantitative estimate of drug-likeness (QED) is 0.468. The predicted octanol–water partition coefficient (Wildman–Crippen LogP) is 4.62. The van der Waals surface area contributed by atoms with Crippen LogP contribution in [-0.2, 0) is 4.79 Å². The van der Waals surface area contributed by atoms with Gasteiger partial charge in [-0.05, 0) is 35.9 Å². The van der Waals surface area contributed by atoms with Gasteiger partial charge in [-0.25, -0.2) is 4.79 Å². The SMILES string of the molecule is COc1cccc(/C=C/C(=O)Oc2cc(Cl)ccc2Cl)c1. The van der Waals surface area contributed by atoms with E-state index >= 15 is 0 Å². The Bertz CT molecular complexity index is 681. The molecule has 0 fully saturated rings. The molecule has 0 saturated heterocycles. The maximum Gasteiger partial charge on any atom is 0.336 e. The molecule has 0 bridgehead atoms. The first-order chi connectivity index (χ1) is 10.1. The average Bonchev–Trinajstić information content (AvgIpc) is 2.49. The van der Waals surface area contributed by atoms with Gasteiger partial charge >= 0.3 is 5.97 Å². The highest BCUT2D eigenvalue weighted by atomic mass is 35.5. The second kappa shape index (κ2) is 7.16. The summed E-state index contributed by atoms with van der Waals surface area (Å²) in [4.78, 5) is 11.8. The van der Waals surface area contributed by atoms with Crippen molar-refractivity contribution >= 4 is 35.2 Å². The van der Waals surface area contributed by atoms with Crippen molar-refractivity contribution in [1.82, 2.24) is 0 Å². The van der Waals surface area contributed by atoms with E-state index in [1.807, 2.05) is 18.2 Å². The number of ether oxygens (including phenoxy) is 2. The first kappa shape index (κ1) is 15.4. The fourth-order valence-corrected chi connectivity index (χ4v) is 1.93. The van der Waals surface area contributed by atoms with Crippen LogP contribution in [0.4, 0.5) is 0 Å². The van der Waals surface area contributed by atoms with Gasteiger partial charge in [0, 0.05) is 17.2 Å². The van der Waals surface area contributed by atoms with Crippen molar-refractivity contribution in [2.24, 2.45) is 0 Å². The van der Waals surface area contributed by atoms with Gasteiger partial charge in [0.1, 0.15) is 5.75 Å². The second-order valence-corrected chi connectivity index (χ2v) is 4.95. The van der Waals surface area contributed by atoms with Crippen molar-refractivity contribution in [3.63, 3.8) is 0 Å².